The van der Waals surface area contributed by atoms with Gasteiger partial charge in [0.15, 0.2) is 5.82 Å². The summed E-state index contributed by atoms with van der Waals surface area (Å²) in [5, 5.41) is 21.3. The third kappa shape index (κ3) is 7.51. The van der Waals surface area contributed by atoms with Gasteiger partial charge in [-0.2, -0.15) is 10.4 Å². The van der Waals surface area contributed by atoms with Crippen LogP contribution in [0.25, 0.3) is 0 Å². The molecular formula is C43H48ClFN10O4. The molecule has 1 unspecified atom stereocenters. The second kappa shape index (κ2) is 15.8. The minimum absolute atomic E-state index is 0.0257. The standard InChI is InChI=1S/C43H48ClFN10O4/c1-27-23-43(26-54(27)31-4-2-28(24-46)34(44)20-31)10-14-53(15-11-43)38-6-3-29(48-49-38)25-50-16-18-51(19-17-50)30-8-12-52(13-9-30)37-22-33-32(21-35(37)45)41(58)55(42(33)59)36-5-7-39(56)47-40(36)57/h2-4,6,20-22,27,30,36H,5,7-19,23,25-26H2,1H3,(H,47,56,57)/t27-,36?/m0/s1. The topological polar surface area (TPSA) is 149 Å². The van der Waals surface area contributed by atoms with Crippen LogP contribution in [-0.4, -0.2) is 126 Å². The zero-order valence-electron chi connectivity index (χ0n) is 33.2. The number of rotatable bonds is 7. The van der Waals surface area contributed by atoms with Crippen molar-refractivity contribution in [2.24, 2.45) is 5.41 Å². The van der Waals surface area contributed by atoms with Crippen LogP contribution in [0.5, 0.6) is 0 Å². The summed E-state index contributed by atoms with van der Waals surface area (Å²) < 4.78 is 15.5. The number of imide groups is 2. The van der Waals surface area contributed by atoms with Gasteiger partial charge in [0.05, 0.1) is 33.1 Å². The van der Waals surface area contributed by atoms with Gasteiger partial charge in [-0.1, -0.05) is 11.6 Å². The highest BCUT2D eigenvalue weighted by Gasteiger charge is 2.46. The van der Waals surface area contributed by atoms with E-state index in [1.807, 2.05) is 23.1 Å². The molecule has 6 aliphatic heterocycles. The van der Waals surface area contributed by atoms with Gasteiger partial charge in [0.2, 0.25) is 11.8 Å². The number of hydrogen-bond acceptors (Lipinski definition) is 12. The number of benzene rings is 2. The first kappa shape index (κ1) is 39.3. The molecule has 7 heterocycles. The minimum atomic E-state index is -1.09. The number of anilines is 3. The molecular weight excluding hydrogens is 775 g/mol. The van der Waals surface area contributed by atoms with E-state index in [4.69, 9.17) is 11.6 Å². The Balaban J connectivity index is 0.730. The molecule has 14 nitrogen and oxygen atoms in total. The first-order valence-electron chi connectivity index (χ1n) is 20.8. The Bertz CT molecular complexity index is 2210. The summed E-state index contributed by atoms with van der Waals surface area (Å²) in [6, 6.07) is 14.4. The van der Waals surface area contributed by atoms with Crippen molar-refractivity contribution in [2.75, 3.05) is 73.6 Å². The molecule has 1 spiro atoms. The fraction of sp³-hybridized carbons (Fsp3) is 0.512. The van der Waals surface area contributed by atoms with Crippen molar-refractivity contribution in [3.8, 4) is 6.07 Å². The lowest BCUT2D eigenvalue weighted by Gasteiger charge is -2.43. The van der Waals surface area contributed by atoms with Gasteiger partial charge >= 0.3 is 0 Å². The molecule has 0 aliphatic carbocycles. The first-order valence-corrected chi connectivity index (χ1v) is 21.2. The summed E-state index contributed by atoms with van der Waals surface area (Å²) in [5.41, 5.74) is 3.13. The highest BCUT2D eigenvalue weighted by atomic mass is 35.5. The summed E-state index contributed by atoms with van der Waals surface area (Å²) >= 11 is 6.37. The number of nitrogens with zero attached hydrogens (tertiary/aromatic N) is 9. The van der Waals surface area contributed by atoms with Crippen LogP contribution in [0.1, 0.15) is 83.8 Å². The number of carbonyl (C=O) groups is 4. The lowest BCUT2D eigenvalue weighted by molar-refractivity contribution is -0.136. The van der Waals surface area contributed by atoms with E-state index in [9.17, 15) is 24.4 Å². The minimum Gasteiger partial charge on any atom is -0.369 e. The van der Waals surface area contributed by atoms with Crippen molar-refractivity contribution in [1.29, 1.82) is 5.26 Å². The molecule has 6 aliphatic rings. The van der Waals surface area contributed by atoms with Crippen molar-refractivity contribution < 1.29 is 23.6 Å². The number of amides is 4. The highest BCUT2D eigenvalue weighted by molar-refractivity contribution is 6.32. The van der Waals surface area contributed by atoms with Gasteiger partial charge in [-0.25, -0.2) is 4.39 Å². The van der Waals surface area contributed by atoms with Crippen molar-refractivity contribution in [3.05, 3.63) is 75.7 Å². The smallest absolute Gasteiger partial charge is 0.262 e. The third-order valence-electron chi connectivity index (χ3n) is 13.6. The molecule has 5 fully saturated rings. The van der Waals surface area contributed by atoms with Crippen molar-refractivity contribution in [2.45, 2.75) is 76.5 Å². The average Bonchev–Trinajstić information content (AvgIpc) is 3.68. The zero-order valence-corrected chi connectivity index (χ0v) is 34.0. The quantitative estimate of drug-likeness (QED) is 0.341. The number of carbonyl (C=O) groups excluding carboxylic acids is 4. The maximum Gasteiger partial charge on any atom is 0.262 e. The van der Waals surface area contributed by atoms with E-state index in [2.05, 4.69) is 60.2 Å². The van der Waals surface area contributed by atoms with E-state index < -0.39 is 35.5 Å². The first-order chi connectivity index (χ1) is 28.5. The van der Waals surface area contributed by atoms with E-state index in [1.165, 1.54) is 6.07 Å². The van der Waals surface area contributed by atoms with E-state index in [1.54, 1.807) is 0 Å². The van der Waals surface area contributed by atoms with Crippen LogP contribution in [0.3, 0.4) is 0 Å². The van der Waals surface area contributed by atoms with E-state index in [-0.39, 0.29) is 35.1 Å². The van der Waals surface area contributed by atoms with Gasteiger partial charge in [-0.15, -0.1) is 5.10 Å². The summed E-state index contributed by atoms with van der Waals surface area (Å²) in [6.07, 6.45) is 5.08. The molecule has 16 heteroatoms. The van der Waals surface area contributed by atoms with Crippen LogP contribution in [0, 0.1) is 22.6 Å². The predicted molar refractivity (Wildman–Crippen MR) is 219 cm³/mol. The monoisotopic (exact) mass is 822 g/mol. The number of fused-ring (bicyclic) bond motifs is 1. The van der Waals surface area contributed by atoms with Crippen molar-refractivity contribution >= 4 is 52.4 Å². The molecule has 1 N–H and O–H groups in total. The van der Waals surface area contributed by atoms with Crippen LogP contribution in [0.15, 0.2) is 42.5 Å². The summed E-state index contributed by atoms with van der Waals surface area (Å²) in [5.74, 6) is -2.12. The Kier molecular flexibility index (Phi) is 10.5. The Morgan fingerprint density at radius 1 is 0.881 bits per heavy atom. The molecule has 59 heavy (non-hydrogen) atoms. The Hall–Kier alpha value is -5.17. The molecule has 4 amide bonds. The zero-order chi connectivity index (χ0) is 41.0. The van der Waals surface area contributed by atoms with Crippen molar-refractivity contribution in [1.82, 2.24) is 30.2 Å². The van der Waals surface area contributed by atoms with Gasteiger partial charge in [-0.05, 0) is 93.3 Å². The molecule has 2 atom stereocenters. The fourth-order valence-electron chi connectivity index (χ4n) is 10.3. The predicted octanol–water partition coefficient (Wildman–Crippen LogP) is 4.21. The molecule has 0 saturated carbocycles. The van der Waals surface area contributed by atoms with E-state index in [0.29, 0.717) is 35.8 Å². The van der Waals surface area contributed by atoms with Crippen molar-refractivity contribution in [3.63, 3.8) is 0 Å². The lowest BCUT2D eigenvalue weighted by Crippen LogP contribution is -2.54. The number of hydrogen-bond donors (Lipinski definition) is 1. The van der Waals surface area contributed by atoms with Crippen LogP contribution in [-0.2, 0) is 16.1 Å². The number of aromatic nitrogens is 2. The normalized spacial score (nSPS) is 24.2. The summed E-state index contributed by atoms with van der Waals surface area (Å²) in [4.78, 5) is 63.1. The molecule has 9 rings (SSSR count). The Labute approximate surface area is 347 Å². The van der Waals surface area contributed by atoms with Gasteiger partial charge in [0, 0.05) is 89.6 Å². The molecule has 1 aromatic heterocycles. The Morgan fingerprint density at radius 3 is 2.27 bits per heavy atom. The number of nitriles is 1. The molecule has 5 saturated heterocycles. The summed E-state index contributed by atoms with van der Waals surface area (Å²) in [7, 11) is 0. The van der Waals surface area contributed by atoms with Crippen LogP contribution >= 0.6 is 11.6 Å². The molecule has 0 radical (unpaired) electrons. The van der Waals surface area contributed by atoms with Gasteiger partial charge in [0.25, 0.3) is 11.8 Å². The molecule has 2 aromatic carbocycles. The molecule has 3 aromatic rings. The number of piperidine rings is 3. The number of piperazine rings is 1. The highest BCUT2D eigenvalue weighted by Crippen LogP contribution is 2.46. The van der Waals surface area contributed by atoms with E-state index >= 15 is 4.39 Å². The van der Waals surface area contributed by atoms with Gasteiger partial charge in [-0.3, -0.25) is 39.2 Å². The molecule has 308 valence electrons. The maximum atomic E-state index is 15.5. The van der Waals surface area contributed by atoms with Crippen LogP contribution in [0.2, 0.25) is 5.02 Å². The van der Waals surface area contributed by atoms with E-state index in [0.717, 1.165) is 113 Å². The number of nitrogens with one attached hydrogen (secondary N) is 1. The SMILES string of the molecule is C[C@H]1CC2(CCN(c3ccc(CN4CCN(C5CCN(c6cc7c(cc6F)C(=O)N(C6CCC(=O)NC6=O)C7=O)CC5)CC4)nn3)CC2)CN1c1ccc(C#N)c(Cl)c1. The average molecular weight is 823 g/mol. The van der Waals surface area contributed by atoms with Gasteiger partial charge < -0.3 is 14.7 Å². The second-order valence-corrected chi connectivity index (χ2v) is 17.6. The lowest BCUT2D eigenvalue weighted by atomic mass is 9.77. The third-order valence-corrected chi connectivity index (χ3v) is 14.0. The molecule has 0 bridgehead atoms. The van der Waals surface area contributed by atoms with Crippen LogP contribution < -0.4 is 20.0 Å². The largest absolute Gasteiger partial charge is 0.369 e. The number of halogens is 2. The summed E-state index contributed by atoms with van der Waals surface area (Å²) in [6.45, 7) is 10.8. The van der Waals surface area contributed by atoms with Crippen LogP contribution in [0.4, 0.5) is 21.6 Å². The Morgan fingerprint density at radius 2 is 1.61 bits per heavy atom. The second-order valence-electron chi connectivity index (χ2n) is 17.2. The van der Waals surface area contributed by atoms with Gasteiger partial charge in [0.1, 0.15) is 17.9 Å². The maximum absolute atomic E-state index is 15.5. The fourth-order valence-corrected chi connectivity index (χ4v) is 10.5.